The van der Waals surface area contributed by atoms with E-state index in [0.717, 1.165) is 0 Å². The Bertz CT molecular complexity index is 173. The number of carbonyl (C=O) groups is 1. The van der Waals surface area contributed by atoms with Gasteiger partial charge in [-0.3, -0.25) is 0 Å². The molecule has 0 N–H and O–H groups in total. The number of hydrogen-bond donors (Lipinski definition) is 0. The Morgan fingerprint density at radius 3 is 3.00 bits per heavy atom. The van der Waals surface area contributed by atoms with E-state index in [4.69, 9.17) is 0 Å². The summed E-state index contributed by atoms with van der Waals surface area (Å²) in [6.07, 6.45) is 1.26. The van der Waals surface area contributed by atoms with Gasteiger partial charge in [0.25, 0.3) is 0 Å². The van der Waals surface area contributed by atoms with Crippen molar-refractivity contribution in [1.29, 1.82) is 0 Å². The minimum absolute atomic E-state index is 0.165. The predicted octanol–water partition coefficient (Wildman–Crippen LogP) is 0.323. The highest BCUT2D eigenvalue weighted by molar-refractivity contribution is 5.88. The molecule has 10 heavy (non-hydrogen) atoms. The van der Waals surface area contributed by atoms with Crippen LogP contribution in [0.5, 0.6) is 0 Å². The molecule has 54 valence electrons. The van der Waals surface area contributed by atoms with Crippen molar-refractivity contribution < 1.29 is 14.3 Å². The largest absolute Gasteiger partial charge is 0.489 e. The topological polar surface area (TPSA) is 35.5 Å². The molecular formula is C7H8O3. The number of esters is 1. The second kappa shape index (κ2) is 5.70. The Balaban J connectivity index is 3.48. The summed E-state index contributed by atoms with van der Waals surface area (Å²) < 4.78 is 8.85. The Kier molecular flexibility index (Phi) is 4.89. The molecule has 0 saturated carbocycles. The lowest BCUT2D eigenvalue weighted by Gasteiger charge is -1.87. The van der Waals surface area contributed by atoms with Crippen LogP contribution >= 0.6 is 0 Å². The third-order valence-corrected chi connectivity index (χ3v) is 0.649. The summed E-state index contributed by atoms with van der Waals surface area (Å²) >= 11 is 0. The zero-order valence-corrected chi connectivity index (χ0v) is 5.72. The molecule has 0 saturated heterocycles. The van der Waals surface area contributed by atoms with E-state index in [9.17, 15) is 4.79 Å². The van der Waals surface area contributed by atoms with Crippen molar-refractivity contribution in [2.24, 2.45) is 0 Å². The summed E-state index contributed by atoms with van der Waals surface area (Å²) in [5.41, 5.74) is 0. The van der Waals surface area contributed by atoms with Gasteiger partial charge in [-0.15, -0.1) is 0 Å². The van der Waals surface area contributed by atoms with E-state index in [1.165, 1.54) is 13.4 Å². The number of rotatable bonds is 2. The summed E-state index contributed by atoms with van der Waals surface area (Å²) in [5.74, 6) is 4.04. The summed E-state index contributed by atoms with van der Waals surface area (Å²) in [4.78, 5) is 10.3. The van der Waals surface area contributed by atoms with Crippen LogP contribution in [0.15, 0.2) is 12.8 Å². The maximum absolute atomic E-state index is 10.3. The summed E-state index contributed by atoms with van der Waals surface area (Å²) in [7, 11) is 1.27. The van der Waals surface area contributed by atoms with E-state index in [1.807, 2.05) is 0 Å². The van der Waals surface area contributed by atoms with Gasteiger partial charge in [0.2, 0.25) is 0 Å². The van der Waals surface area contributed by atoms with Crippen molar-refractivity contribution >= 4 is 5.97 Å². The van der Waals surface area contributed by atoms with Crippen molar-refractivity contribution in [2.45, 2.75) is 0 Å². The zero-order valence-electron chi connectivity index (χ0n) is 5.72. The second-order valence-electron chi connectivity index (χ2n) is 1.27. The van der Waals surface area contributed by atoms with Gasteiger partial charge in [0, 0.05) is 5.92 Å². The van der Waals surface area contributed by atoms with Crippen molar-refractivity contribution in [3.63, 3.8) is 0 Å². The average molecular weight is 140 g/mol. The number of hydrogen-bond acceptors (Lipinski definition) is 3. The fourth-order valence-corrected chi connectivity index (χ4v) is 0.260. The highest BCUT2D eigenvalue weighted by Crippen LogP contribution is 1.71. The molecule has 0 spiro atoms. The Morgan fingerprint density at radius 2 is 2.50 bits per heavy atom. The molecule has 0 fully saturated rings. The van der Waals surface area contributed by atoms with Crippen molar-refractivity contribution in [1.82, 2.24) is 0 Å². The van der Waals surface area contributed by atoms with Gasteiger partial charge in [0.15, 0.2) is 0 Å². The highest BCUT2D eigenvalue weighted by atomic mass is 16.5. The molecule has 0 radical (unpaired) electrons. The first-order valence-electron chi connectivity index (χ1n) is 2.60. The number of methoxy groups -OCH3 is 1. The maximum atomic E-state index is 10.3. The fourth-order valence-electron chi connectivity index (χ4n) is 0.260. The second-order valence-corrected chi connectivity index (χ2v) is 1.27. The van der Waals surface area contributed by atoms with Crippen molar-refractivity contribution in [3.8, 4) is 11.8 Å². The smallest absolute Gasteiger partial charge is 0.384 e. The van der Waals surface area contributed by atoms with Gasteiger partial charge in [-0.25, -0.2) is 4.79 Å². The summed E-state index contributed by atoms with van der Waals surface area (Å²) in [6, 6.07) is 0. The lowest BCUT2D eigenvalue weighted by molar-refractivity contribution is -0.133. The SMILES string of the molecule is C=COCC#CC(=O)OC. The minimum Gasteiger partial charge on any atom is -0.489 e. The van der Waals surface area contributed by atoms with E-state index in [2.05, 4.69) is 27.9 Å². The van der Waals surface area contributed by atoms with Crippen LogP contribution < -0.4 is 0 Å². The van der Waals surface area contributed by atoms with E-state index in [-0.39, 0.29) is 6.61 Å². The van der Waals surface area contributed by atoms with Crippen LogP contribution in [0.1, 0.15) is 0 Å². The van der Waals surface area contributed by atoms with Crippen molar-refractivity contribution in [3.05, 3.63) is 12.8 Å². The van der Waals surface area contributed by atoms with Crippen LogP contribution in [0.25, 0.3) is 0 Å². The Morgan fingerprint density at radius 1 is 1.80 bits per heavy atom. The molecule has 0 unspecified atom stereocenters. The molecule has 0 aliphatic rings. The molecule has 0 aromatic rings. The van der Waals surface area contributed by atoms with Gasteiger partial charge in [-0.2, -0.15) is 0 Å². The van der Waals surface area contributed by atoms with E-state index >= 15 is 0 Å². The molecular weight excluding hydrogens is 132 g/mol. The molecule has 0 aliphatic heterocycles. The fraction of sp³-hybridized carbons (Fsp3) is 0.286. The Hall–Kier alpha value is -1.43. The lowest BCUT2D eigenvalue weighted by atomic mass is 10.6. The minimum atomic E-state index is -0.562. The predicted molar refractivity (Wildman–Crippen MR) is 35.9 cm³/mol. The summed E-state index contributed by atoms with van der Waals surface area (Å²) in [5, 5.41) is 0. The molecule has 0 aromatic heterocycles. The molecule has 3 heteroatoms. The number of ether oxygens (including phenoxy) is 2. The standard InChI is InChI=1S/C7H8O3/c1-3-10-6-4-5-7(8)9-2/h3H,1,6H2,2H3. The Labute approximate surface area is 59.6 Å². The maximum Gasteiger partial charge on any atom is 0.384 e. The molecule has 0 aliphatic carbocycles. The third kappa shape index (κ3) is 4.72. The van der Waals surface area contributed by atoms with Crippen LogP contribution in [0.2, 0.25) is 0 Å². The zero-order chi connectivity index (χ0) is 7.82. The molecule has 3 nitrogen and oxygen atoms in total. The van der Waals surface area contributed by atoms with Crippen LogP contribution in [0, 0.1) is 11.8 Å². The monoisotopic (exact) mass is 140 g/mol. The third-order valence-electron chi connectivity index (χ3n) is 0.649. The van der Waals surface area contributed by atoms with Gasteiger partial charge in [-0.05, 0) is 5.92 Å². The molecule has 0 aromatic carbocycles. The molecule has 0 heterocycles. The van der Waals surface area contributed by atoms with E-state index < -0.39 is 5.97 Å². The van der Waals surface area contributed by atoms with Gasteiger partial charge < -0.3 is 9.47 Å². The highest BCUT2D eigenvalue weighted by Gasteiger charge is 1.86. The van der Waals surface area contributed by atoms with Gasteiger partial charge in [0.05, 0.1) is 13.4 Å². The normalized spacial score (nSPS) is 6.90. The quantitative estimate of drug-likeness (QED) is 0.182. The molecule has 0 amide bonds. The van der Waals surface area contributed by atoms with Crippen LogP contribution in [0.4, 0.5) is 0 Å². The molecule has 0 rings (SSSR count). The number of carbonyl (C=O) groups excluding carboxylic acids is 1. The lowest BCUT2D eigenvalue weighted by Crippen LogP contribution is -1.95. The van der Waals surface area contributed by atoms with Crippen molar-refractivity contribution in [2.75, 3.05) is 13.7 Å². The molecule has 0 atom stereocenters. The molecule has 0 bridgehead atoms. The first-order valence-corrected chi connectivity index (χ1v) is 2.60. The van der Waals surface area contributed by atoms with E-state index in [0.29, 0.717) is 0 Å². The van der Waals surface area contributed by atoms with E-state index in [1.54, 1.807) is 0 Å². The van der Waals surface area contributed by atoms with Crippen LogP contribution in [-0.4, -0.2) is 19.7 Å². The van der Waals surface area contributed by atoms with Gasteiger partial charge in [-0.1, -0.05) is 6.58 Å². The average Bonchev–Trinajstić information content (AvgIpc) is 1.98. The van der Waals surface area contributed by atoms with Gasteiger partial charge in [0.1, 0.15) is 6.61 Å². The summed E-state index contributed by atoms with van der Waals surface area (Å²) in [6.45, 7) is 3.46. The first kappa shape index (κ1) is 8.57. The van der Waals surface area contributed by atoms with Gasteiger partial charge >= 0.3 is 5.97 Å². The van der Waals surface area contributed by atoms with Crippen LogP contribution in [-0.2, 0) is 14.3 Å². The van der Waals surface area contributed by atoms with Crippen LogP contribution in [0.3, 0.4) is 0 Å². The first-order chi connectivity index (χ1) is 4.81.